The van der Waals surface area contributed by atoms with E-state index in [1.54, 1.807) is 18.4 Å². The predicted molar refractivity (Wildman–Crippen MR) is 63.6 cm³/mol. The second kappa shape index (κ2) is 4.03. The van der Waals surface area contributed by atoms with Crippen LogP contribution in [0, 0.1) is 13.8 Å². The molecule has 0 N–H and O–H groups in total. The minimum Gasteiger partial charge on any atom is -0.496 e. The van der Waals surface area contributed by atoms with Crippen LogP contribution in [0.15, 0.2) is 23.6 Å². The molecular weight excluding hydrogens is 206 g/mol. The Bertz CT molecular complexity index is 476. The summed E-state index contributed by atoms with van der Waals surface area (Å²) < 4.78 is 5.22. The molecule has 2 nitrogen and oxygen atoms in total. The van der Waals surface area contributed by atoms with E-state index < -0.39 is 0 Å². The van der Waals surface area contributed by atoms with Crippen LogP contribution in [0.1, 0.15) is 10.6 Å². The van der Waals surface area contributed by atoms with Gasteiger partial charge in [-0.3, -0.25) is 0 Å². The number of aromatic nitrogens is 1. The molecule has 0 spiro atoms. The molecule has 1 heterocycles. The number of hydrogen-bond donors (Lipinski definition) is 0. The molecule has 0 aliphatic rings. The molecule has 0 bridgehead atoms. The molecule has 2 aromatic rings. The lowest BCUT2D eigenvalue weighted by atomic mass is 10.1. The van der Waals surface area contributed by atoms with Gasteiger partial charge in [-0.25, -0.2) is 4.98 Å². The molecule has 1 aromatic carbocycles. The van der Waals surface area contributed by atoms with Crippen molar-refractivity contribution in [3.63, 3.8) is 0 Å². The molecule has 15 heavy (non-hydrogen) atoms. The largest absolute Gasteiger partial charge is 0.496 e. The van der Waals surface area contributed by atoms with Crippen molar-refractivity contribution in [2.24, 2.45) is 0 Å². The van der Waals surface area contributed by atoms with E-state index in [9.17, 15) is 0 Å². The van der Waals surface area contributed by atoms with Gasteiger partial charge in [0.15, 0.2) is 0 Å². The van der Waals surface area contributed by atoms with E-state index in [0.717, 1.165) is 27.6 Å². The summed E-state index contributed by atoms with van der Waals surface area (Å²) in [6.07, 6.45) is 0. The summed E-state index contributed by atoms with van der Waals surface area (Å²) in [4.78, 5) is 4.46. The van der Waals surface area contributed by atoms with Gasteiger partial charge in [0.25, 0.3) is 0 Å². The molecule has 3 heteroatoms. The van der Waals surface area contributed by atoms with Crippen LogP contribution in [0.5, 0.6) is 5.75 Å². The fourth-order valence-corrected chi connectivity index (χ4v) is 2.16. The van der Waals surface area contributed by atoms with Gasteiger partial charge in [0.05, 0.1) is 17.8 Å². The zero-order valence-electron chi connectivity index (χ0n) is 9.07. The van der Waals surface area contributed by atoms with Gasteiger partial charge in [-0.15, -0.1) is 11.3 Å². The van der Waals surface area contributed by atoms with Gasteiger partial charge < -0.3 is 4.74 Å². The van der Waals surface area contributed by atoms with Crippen LogP contribution in [-0.4, -0.2) is 12.1 Å². The van der Waals surface area contributed by atoms with Crippen LogP contribution in [0.2, 0.25) is 0 Å². The van der Waals surface area contributed by atoms with Crippen LogP contribution >= 0.6 is 11.3 Å². The molecule has 2 rings (SSSR count). The smallest absolute Gasteiger partial charge is 0.121 e. The molecule has 0 aliphatic carbocycles. The summed E-state index contributed by atoms with van der Waals surface area (Å²) in [7, 11) is 1.69. The number of benzene rings is 1. The van der Waals surface area contributed by atoms with Crippen molar-refractivity contribution in [3.8, 4) is 17.0 Å². The molecule has 0 amide bonds. The normalized spacial score (nSPS) is 10.3. The van der Waals surface area contributed by atoms with E-state index in [4.69, 9.17) is 4.74 Å². The van der Waals surface area contributed by atoms with Gasteiger partial charge in [0, 0.05) is 10.9 Å². The maximum atomic E-state index is 5.22. The van der Waals surface area contributed by atoms with Gasteiger partial charge in [0.2, 0.25) is 0 Å². The number of ether oxygens (including phenoxy) is 1. The Balaban J connectivity index is 2.42. The summed E-state index contributed by atoms with van der Waals surface area (Å²) in [5, 5.41) is 3.18. The minimum absolute atomic E-state index is 0.922. The van der Waals surface area contributed by atoms with Gasteiger partial charge in [-0.1, -0.05) is 0 Å². The first-order valence-corrected chi connectivity index (χ1v) is 5.66. The summed E-state index contributed by atoms with van der Waals surface area (Å²) in [6.45, 7) is 4.06. The van der Waals surface area contributed by atoms with Gasteiger partial charge in [-0.2, -0.15) is 0 Å². The van der Waals surface area contributed by atoms with Crippen molar-refractivity contribution < 1.29 is 4.74 Å². The standard InChI is InChI=1S/C12H13NOS/c1-8-6-10(4-5-12(8)14-3)11-7-15-9(2)13-11/h4-7H,1-3H3. The Morgan fingerprint density at radius 3 is 2.60 bits per heavy atom. The number of rotatable bonds is 2. The fourth-order valence-electron chi connectivity index (χ4n) is 1.53. The Morgan fingerprint density at radius 1 is 1.27 bits per heavy atom. The monoisotopic (exact) mass is 219 g/mol. The molecule has 1 aromatic heterocycles. The molecule has 0 atom stereocenters. The Hall–Kier alpha value is -1.35. The first kappa shape index (κ1) is 10.2. The lowest BCUT2D eigenvalue weighted by Crippen LogP contribution is -1.87. The zero-order valence-corrected chi connectivity index (χ0v) is 9.89. The average Bonchev–Trinajstić information content (AvgIpc) is 2.65. The summed E-state index contributed by atoms with van der Waals surface area (Å²) in [6, 6.07) is 6.13. The molecule has 0 radical (unpaired) electrons. The Labute approximate surface area is 93.6 Å². The van der Waals surface area contributed by atoms with E-state index >= 15 is 0 Å². The van der Waals surface area contributed by atoms with E-state index in [1.807, 2.05) is 26.0 Å². The quantitative estimate of drug-likeness (QED) is 0.772. The summed E-state index contributed by atoms with van der Waals surface area (Å²) >= 11 is 1.67. The molecule has 0 aliphatic heterocycles. The van der Waals surface area contributed by atoms with Crippen molar-refractivity contribution >= 4 is 11.3 Å². The van der Waals surface area contributed by atoms with E-state index in [0.29, 0.717) is 0 Å². The van der Waals surface area contributed by atoms with Gasteiger partial charge >= 0.3 is 0 Å². The molecular formula is C12H13NOS. The van der Waals surface area contributed by atoms with Crippen molar-refractivity contribution in [1.29, 1.82) is 0 Å². The second-order valence-corrected chi connectivity index (χ2v) is 4.50. The van der Waals surface area contributed by atoms with E-state index in [2.05, 4.69) is 16.4 Å². The SMILES string of the molecule is COc1ccc(-c2csc(C)n2)cc1C. The van der Waals surface area contributed by atoms with Crippen LogP contribution in [0.3, 0.4) is 0 Å². The van der Waals surface area contributed by atoms with Crippen molar-refractivity contribution in [3.05, 3.63) is 34.2 Å². The molecule has 0 saturated heterocycles. The van der Waals surface area contributed by atoms with Crippen LogP contribution in [0.4, 0.5) is 0 Å². The first-order valence-electron chi connectivity index (χ1n) is 4.78. The van der Waals surface area contributed by atoms with Gasteiger partial charge in [0.1, 0.15) is 5.75 Å². The van der Waals surface area contributed by atoms with E-state index in [1.165, 1.54) is 0 Å². The highest BCUT2D eigenvalue weighted by Gasteiger charge is 2.04. The number of nitrogens with zero attached hydrogens (tertiary/aromatic N) is 1. The number of methoxy groups -OCH3 is 1. The first-order chi connectivity index (χ1) is 7.20. The number of thiazole rings is 1. The van der Waals surface area contributed by atoms with Crippen LogP contribution < -0.4 is 4.74 Å². The second-order valence-electron chi connectivity index (χ2n) is 3.44. The highest BCUT2D eigenvalue weighted by Crippen LogP contribution is 2.26. The van der Waals surface area contributed by atoms with E-state index in [-0.39, 0.29) is 0 Å². The highest BCUT2D eigenvalue weighted by molar-refractivity contribution is 7.09. The lowest BCUT2D eigenvalue weighted by Gasteiger charge is -2.05. The van der Waals surface area contributed by atoms with Crippen LogP contribution in [-0.2, 0) is 0 Å². The Kier molecular flexibility index (Phi) is 2.73. The molecule has 78 valence electrons. The van der Waals surface area contributed by atoms with Crippen LogP contribution in [0.25, 0.3) is 11.3 Å². The maximum Gasteiger partial charge on any atom is 0.121 e. The summed E-state index contributed by atoms with van der Waals surface area (Å²) in [5.41, 5.74) is 3.33. The predicted octanol–water partition coefficient (Wildman–Crippen LogP) is 3.44. The third-order valence-corrected chi connectivity index (χ3v) is 3.08. The van der Waals surface area contributed by atoms with Crippen molar-refractivity contribution in [2.75, 3.05) is 7.11 Å². The number of aryl methyl sites for hydroxylation is 2. The minimum atomic E-state index is 0.922. The van der Waals surface area contributed by atoms with Crippen molar-refractivity contribution in [2.45, 2.75) is 13.8 Å². The Morgan fingerprint density at radius 2 is 2.07 bits per heavy atom. The van der Waals surface area contributed by atoms with Gasteiger partial charge in [-0.05, 0) is 37.6 Å². The third kappa shape index (κ3) is 2.02. The molecule has 0 fully saturated rings. The maximum absolute atomic E-state index is 5.22. The topological polar surface area (TPSA) is 22.1 Å². The highest BCUT2D eigenvalue weighted by atomic mass is 32.1. The molecule has 0 unspecified atom stereocenters. The molecule has 0 saturated carbocycles. The summed E-state index contributed by atoms with van der Waals surface area (Å²) in [5.74, 6) is 0.922. The third-order valence-electron chi connectivity index (χ3n) is 2.31. The lowest BCUT2D eigenvalue weighted by molar-refractivity contribution is 0.412. The average molecular weight is 219 g/mol. The number of hydrogen-bond acceptors (Lipinski definition) is 3. The van der Waals surface area contributed by atoms with Crippen molar-refractivity contribution in [1.82, 2.24) is 4.98 Å². The zero-order chi connectivity index (χ0) is 10.8. The fraction of sp³-hybridized carbons (Fsp3) is 0.250.